The zero-order chi connectivity index (χ0) is 29.0. The predicted octanol–water partition coefficient (Wildman–Crippen LogP) is 10.3. The molecule has 0 amide bonds. The zero-order valence-electron chi connectivity index (χ0n) is 27.4. The van der Waals surface area contributed by atoms with E-state index in [1.807, 2.05) is 0 Å². The first kappa shape index (κ1) is 36.0. The van der Waals surface area contributed by atoms with Crippen molar-refractivity contribution < 1.29 is 8.97 Å². The molecular formula is C34H66Cl2N2+2. The molecule has 0 spiro atoms. The van der Waals surface area contributed by atoms with E-state index in [9.17, 15) is 0 Å². The van der Waals surface area contributed by atoms with Gasteiger partial charge in [-0.2, -0.15) is 0 Å². The second-order valence-electron chi connectivity index (χ2n) is 13.4. The van der Waals surface area contributed by atoms with Gasteiger partial charge in [0.25, 0.3) is 0 Å². The summed E-state index contributed by atoms with van der Waals surface area (Å²) in [7, 11) is 4.92. The van der Waals surface area contributed by atoms with Crippen LogP contribution in [-0.4, -0.2) is 72.1 Å². The lowest BCUT2D eigenvalue weighted by molar-refractivity contribution is -0.911. The van der Waals surface area contributed by atoms with E-state index < -0.39 is 9.75 Å². The van der Waals surface area contributed by atoms with Crippen molar-refractivity contribution in [1.29, 1.82) is 0 Å². The first-order valence-corrected chi connectivity index (χ1v) is 17.0. The standard InChI is InChI=1S/C34H66Cl2N2/c1-11-15-19-23-37(9,24-20-16-12-2)27-32-29(5)30(6)34(36,33(8,35)31(32)7)28-38(10,25-21-17-13-3)26-22-18-14-4/h11-28H2,1-10H3/q+2. The lowest BCUT2D eigenvalue weighted by Crippen LogP contribution is -2.62. The molecule has 0 heterocycles. The second-order valence-corrected chi connectivity index (χ2v) is 14.8. The van der Waals surface area contributed by atoms with Crippen molar-refractivity contribution in [2.75, 3.05) is 53.4 Å². The van der Waals surface area contributed by atoms with Crippen LogP contribution >= 0.6 is 23.2 Å². The van der Waals surface area contributed by atoms with Gasteiger partial charge in [0.2, 0.25) is 0 Å². The molecule has 0 aromatic rings. The SMILES string of the molecule is CCCCC[N+](C)(CCCCC)CC1=C(C)C(C)(Cl)C(Cl)(C[N+](C)(CCCCC)CCCCC)C(C)=C1C. The maximum absolute atomic E-state index is 7.81. The van der Waals surface area contributed by atoms with Crippen molar-refractivity contribution in [3.8, 4) is 0 Å². The third-order valence-electron chi connectivity index (χ3n) is 9.86. The summed E-state index contributed by atoms with van der Waals surface area (Å²) in [5.74, 6) is 0. The molecule has 0 aromatic carbocycles. The van der Waals surface area contributed by atoms with Gasteiger partial charge in [-0.15, -0.1) is 23.2 Å². The van der Waals surface area contributed by atoms with Crippen molar-refractivity contribution >= 4 is 23.2 Å². The molecule has 2 unspecified atom stereocenters. The first-order chi connectivity index (χ1) is 17.8. The average Bonchev–Trinajstić information content (AvgIpc) is 2.86. The van der Waals surface area contributed by atoms with Gasteiger partial charge in [-0.25, -0.2) is 0 Å². The summed E-state index contributed by atoms with van der Waals surface area (Å²) in [5.41, 5.74) is 5.49. The van der Waals surface area contributed by atoms with Crippen LogP contribution < -0.4 is 0 Å². The van der Waals surface area contributed by atoms with Crippen molar-refractivity contribution in [2.24, 2.45) is 0 Å². The van der Waals surface area contributed by atoms with Crippen LogP contribution in [0.2, 0.25) is 0 Å². The van der Waals surface area contributed by atoms with E-state index in [0.29, 0.717) is 0 Å². The minimum atomic E-state index is -0.597. The van der Waals surface area contributed by atoms with Crippen molar-refractivity contribution in [1.82, 2.24) is 0 Å². The fraction of sp³-hybridized carbons (Fsp3) is 0.882. The smallest absolute Gasteiger partial charge is 0.137 e. The second kappa shape index (κ2) is 16.4. The van der Waals surface area contributed by atoms with Crippen molar-refractivity contribution in [3.05, 3.63) is 22.3 Å². The third-order valence-corrected chi connectivity index (χ3v) is 11.3. The monoisotopic (exact) mass is 572 g/mol. The summed E-state index contributed by atoms with van der Waals surface area (Å²) in [6, 6.07) is 0. The van der Waals surface area contributed by atoms with Crippen LogP contribution in [0.5, 0.6) is 0 Å². The fourth-order valence-electron chi connectivity index (χ4n) is 6.66. The highest BCUT2D eigenvalue weighted by atomic mass is 35.5. The predicted molar refractivity (Wildman–Crippen MR) is 174 cm³/mol. The highest BCUT2D eigenvalue weighted by Gasteiger charge is 2.56. The van der Waals surface area contributed by atoms with E-state index in [1.54, 1.807) is 0 Å². The van der Waals surface area contributed by atoms with Crippen LogP contribution in [0, 0.1) is 0 Å². The van der Waals surface area contributed by atoms with Gasteiger partial charge < -0.3 is 8.97 Å². The molecule has 2 atom stereocenters. The number of hydrogen-bond acceptors (Lipinski definition) is 0. The highest BCUT2D eigenvalue weighted by molar-refractivity contribution is 6.38. The van der Waals surface area contributed by atoms with Gasteiger partial charge in [-0.3, -0.25) is 0 Å². The maximum Gasteiger partial charge on any atom is 0.137 e. The molecule has 1 rings (SSSR count). The number of nitrogens with zero attached hydrogens (tertiary/aromatic N) is 2. The number of likely N-dealkylation sites (N-methyl/N-ethyl adjacent to an activating group) is 1. The molecule has 0 N–H and O–H groups in total. The van der Waals surface area contributed by atoms with Gasteiger partial charge in [0.1, 0.15) is 18.0 Å². The summed E-state index contributed by atoms with van der Waals surface area (Å²) in [6.07, 6.45) is 15.4. The van der Waals surface area contributed by atoms with E-state index >= 15 is 0 Å². The van der Waals surface area contributed by atoms with E-state index in [0.717, 1.165) is 22.1 Å². The van der Waals surface area contributed by atoms with E-state index in [4.69, 9.17) is 23.2 Å². The maximum atomic E-state index is 7.81. The largest absolute Gasteiger partial charge is 0.324 e. The minimum absolute atomic E-state index is 0.576. The number of alkyl halides is 2. The van der Waals surface area contributed by atoms with E-state index in [-0.39, 0.29) is 0 Å². The quantitative estimate of drug-likeness (QED) is 0.0772. The topological polar surface area (TPSA) is 0 Å². The van der Waals surface area contributed by atoms with Gasteiger partial charge in [-0.05, 0) is 95.8 Å². The molecule has 2 nitrogen and oxygen atoms in total. The number of rotatable bonds is 20. The van der Waals surface area contributed by atoms with Crippen LogP contribution in [0.1, 0.15) is 132 Å². The van der Waals surface area contributed by atoms with Crippen molar-refractivity contribution in [2.45, 2.75) is 142 Å². The van der Waals surface area contributed by atoms with Gasteiger partial charge in [-0.1, -0.05) is 53.4 Å². The lowest BCUT2D eigenvalue weighted by atomic mass is 9.71. The Morgan fingerprint density at radius 3 is 1.32 bits per heavy atom. The Hall–Kier alpha value is -0.0200. The van der Waals surface area contributed by atoms with Crippen LogP contribution in [0.4, 0.5) is 0 Å². The molecule has 0 fully saturated rings. The van der Waals surface area contributed by atoms with Crippen molar-refractivity contribution in [3.63, 3.8) is 0 Å². The Morgan fingerprint density at radius 1 is 0.579 bits per heavy atom. The number of allylic oxidation sites excluding steroid dienone is 1. The Labute approximate surface area is 249 Å². The number of hydrogen-bond donors (Lipinski definition) is 0. The van der Waals surface area contributed by atoms with Crippen LogP contribution in [0.3, 0.4) is 0 Å². The summed E-state index contributed by atoms with van der Waals surface area (Å²) in [4.78, 5) is -1.17. The highest BCUT2D eigenvalue weighted by Crippen LogP contribution is 2.53. The molecule has 0 saturated carbocycles. The average molecular weight is 574 g/mol. The zero-order valence-corrected chi connectivity index (χ0v) is 28.9. The summed E-state index contributed by atoms with van der Waals surface area (Å²) < 4.78 is 2.13. The van der Waals surface area contributed by atoms with Gasteiger partial charge in [0, 0.05) is 5.57 Å². The molecular weight excluding hydrogens is 507 g/mol. The van der Waals surface area contributed by atoms with Gasteiger partial charge in [0.05, 0.1) is 45.1 Å². The summed E-state index contributed by atoms with van der Waals surface area (Å²) >= 11 is 15.5. The Kier molecular flexibility index (Phi) is 15.6. The summed E-state index contributed by atoms with van der Waals surface area (Å²) in [5, 5.41) is 0. The summed E-state index contributed by atoms with van der Waals surface area (Å²) in [6.45, 7) is 25.2. The Morgan fingerprint density at radius 2 is 0.947 bits per heavy atom. The van der Waals surface area contributed by atoms with Crippen LogP contribution in [0.15, 0.2) is 22.3 Å². The number of unbranched alkanes of at least 4 members (excludes halogenated alkanes) is 8. The molecule has 1 aliphatic rings. The minimum Gasteiger partial charge on any atom is -0.324 e. The van der Waals surface area contributed by atoms with Gasteiger partial charge >= 0.3 is 0 Å². The molecule has 0 aliphatic heterocycles. The Balaban J connectivity index is 3.39. The molecule has 0 radical (unpaired) electrons. The molecule has 224 valence electrons. The lowest BCUT2D eigenvalue weighted by Gasteiger charge is -2.51. The van der Waals surface area contributed by atoms with Crippen LogP contribution in [0.25, 0.3) is 0 Å². The normalized spacial score (nSPS) is 23.1. The Bertz CT molecular complexity index is 746. The molecule has 38 heavy (non-hydrogen) atoms. The molecule has 0 aromatic heterocycles. The number of quaternary nitrogens is 2. The van der Waals surface area contributed by atoms with Crippen LogP contribution in [-0.2, 0) is 0 Å². The molecule has 4 heteroatoms. The molecule has 0 saturated heterocycles. The third kappa shape index (κ3) is 9.53. The fourth-order valence-corrected chi connectivity index (χ4v) is 7.55. The van der Waals surface area contributed by atoms with E-state index in [1.165, 1.54) is 126 Å². The molecule has 0 bridgehead atoms. The first-order valence-electron chi connectivity index (χ1n) is 16.2. The number of halogens is 2. The van der Waals surface area contributed by atoms with Gasteiger partial charge in [0.15, 0.2) is 0 Å². The molecule has 1 aliphatic carbocycles. The van der Waals surface area contributed by atoms with E-state index in [2.05, 4.69) is 69.5 Å².